The number of nitrogens with zero attached hydrogens (tertiary/aromatic N) is 3. The lowest BCUT2D eigenvalue weighted by molar-refractivity contribution is 0.0758. The van der Waals surface area contributed by atoms with Gasteiger partial charge in [0.15, 0.2) is 5.76 Å². The number of rotatable bonds is 3. The van der Waals surface area contributed by atoms with Crippen molar-refractivity contribution in [3.05, 3.63) is 52.7 Å². The van der Waals surface area contributed by atoms with Gasteiger partial charge in [0, 0.05) is 36.8 Å². The second kappa shape index (κ2) is 7.34. The summed E-state index contributed by atoms with van der Waals surface area (Å²) in [5, 5.41) is 4.32. The van der Waals surface area contributed by atoms with Crippen LogP contribution in [0.2, 0.25) is 0 Å². The average molecular weight is 366 g/mol. The average Bonchev–Trinajstić information content (AvgIpc) is 3.35. The molecule has 2 amide bonds. The van der Waals surface area contributed by atoms with E-state index < -0.39 is 0 Å². The number of fused-ring (bicyclic) bond motifs is 1. The van der Waals surface area contributed by atoms with E-state index in [0.29, 0.717) is 11.5 Å². The van der Waals surface area contributed by atoms with E-state index in [1.807, 2.05) is 11.8 Å². The SMILES string of the molecule is Cc1c(C(=O)N2CCCC2)oc2c1/C(=N/NC(=O)c1ccccn1)CCC2. The largest absolute Gasteiger partial charge is 0.455 e. The monoisotopic (exact) mass is 366 g/mol. The zero-order chi connectivity index (χ0) is 18.8. The molecular formula is C20H22N4O3. The third kappa shape index (κ3) is 3.37. The molecule has 2 aliphatic rings. The van der Waals surface area contributed by atoms with Gasteiger partial charge in [0.25, 0.3) is 11.8 Å². The number of aryl methyl sites for hydroxylation is 1. The topological polar surface area (TPSA) is 87.8 Å². The van der Waals surface area contributed by atoms with Crippen LogP contribution in [0.3, 0.4) is 0 Å². The summed E-state index contributed by atoms with van der Waals surface area (Å²) in [5.41, 5.74) is 5.32. The molecule has 7 nitrogen and oxygen atoms in total. The van der Waals surface area contributed by atoms with Crippen LogP contribution >= 0.6 is 0 Å². The van der Waals surface area contributed by atoms with E-state index >= 15 is 0 Å². The number of aromatic nitrogens is 1. The van der Waals surface area contributed by atoms with Gasteiger partial charge in [-0.15, -0.1) is 0 Å². The van der Waals surface area contributed by atoms with Gasteiger partial charge in [0.05, 0.1) is 5.71 Å². The molecule has 4 rings (SSSR count). The van der Waals surface area contributed by atoms with Crippen molar-refractivity contribution in [2.75, 3.05) is 13.1 Å². The maximum Gasteiger partial charge on any atom is 0.289 e. The predicted molar refractivity (Wildman–Crippen MR) is 99.8 cm³/mol. The van der Waals surface area contributed by atoms with Crippen LogP contribution in [0, 0.1) is 6.92 Å². The van der Waals surface area contributed by atoms with Crippen molar-refractivity contribution in [2.45, 2.75) is 39.0 Å². The summed E-state index contributed by atoms with van der Waals surface area (Å²) in [6, 6.07) is 5.14. The fourth-order valence-electron chi connectivity index (χ4n) is 3.72. The van der Waals surface area contributed by atoms with Crippen LogP contribution in [0.1, 0.15) is 63.6 Å². The number of nitrogens with one attached hydrogen (secondary N) is 1. The summed E-state index contributed by atoms with van der Waals surface area (Å²) in [4.78, 5) is 30.8. The Kier molecular flexibility index (Phi) is 4.75. The Morgan fingerprint density at radius 2 is 2.00 bits per heavy atom. The first-order valence-corrected chi connectivity index (χ1v) is 9.35. The molecule has 1 aliphatic carbocycles. The van der Waals surface area contributed by atoms with E-state index in [1.54, 1.807) is 24.4 Å². The Hall–Kier alpha value is -2.96. The number of hydrogen-bond donors (Lipinski definition) is 1. The minimum absolute atomic E-state index is 0.0451. The molecule has 0 saturated carbocycles. The van der Waals surface area contributed by atoms with E-state index in [2.05, 4.69) is 15.5 Å². The molecule has 1 fully saturated rings. The zero-order valence-electron chi connectivity index (χ0n) is 15.3. The van der Waals surface area contributed by atoms with Gasteiger partial charge in [-0.05, 0) is 44.7 Å². The molecule has 2 aromatic rings. The maximum atomic E-state index is 12.8. The molecule has 7 heteroatoms. The van der Waals surface area contributed by atoms with Crippen molar-refractivity contribution < 1.29 is 14.0 Å². The Bertz CT molecular complexity index is 895. The van der Waals surface area contributed by atoms with Crippen molar-refractivity contribution in [3.63, 3.8) is 0 Å². The summed E-state index contributed by atoms with van der Waals surface area (Å²) in [6.45, 7) is 3.46. The number of hydrazone groups is 1. The highest BCUT2D eigenvalue weighted by Gasteiger charge is 2.31. The van der Waals surface area contributed by atoms with E-state index in [1.165, 1.54) is 0 Å². The van der Waals surface area contributed by atoms with Crippen LogP contribution in [-0.2, 0) is 6.42 Å². The lowest BCUT2D eigenvalue weighted by atomic mass is 9.93. The van der Waals surface area contributed by atoms with Crippen molar-refractivity contribution in [3.8, 4) is 0 Å². The molecule has 1 saturated heterocycles. The molecule has 0 spiro atoms. The summed E-state index contributed by atoms with van der Waals surface area (Å²) >= 11 is 0. The van der Waals surface area contributed by atoms with E-state index in [0.717, 1.165) is 67.8 Å². The zero-order valence-corrected chi connectivity index (χ0v) is 15.3. The van der Waals surface area contributed by atoms with Crippen molar-refractivity contribution in [1.82, 2.24) is 15.3 Å². The molecule has 1 N–H and O–H groups in total. The Morgan fingerprint density at radius 1 is 1.19 bits per heavy atom. The lowest BCUT2D eigenvalue weighted by Crippen LogP contribution is -2.27. The summed E-state index contributed by atoms with van der Waals surface area (Å²) in [5.74, 6) is 0.792. The smallest absolute Gasteiger partial charge is 0.289 e. The summed E-state index contributed by atoms with van der Waals surface area (Å²) < 4.78 is 5.94. The number of furan rings is 1. The first-order valence-electron chi connectivity index (χ1n) is 9.35. The maximum absolute atomic E-state index is 12.8. The van der Waals surface area contributed by atoms with Gasteiger partial charge in [-0.3, -0.25) is 14.6 Å². The molecule has 3 heterocycles. The number of pyridine rings is 1. The van der Waals surface area contributed by atoms with Gasteiger partial charge in [0.1, 0.15) is 11.5 Å². The van der Waals surface area contributed by atoms with Crippen molar-refractivity contribution >= 4 is 17.5 Å². The van der Waals surface area contributed by atoms with Crippen molar-refractivity contribution in [1.29, 1.82) is 0 Å². The van der Waals surface area contributed by atoms with Gasteiger partial charge in [-0.2, -0.15) is 5.10 Å². The summed E-state index contributed by atoms with van der Waals surface area (Å²) in [7, 11) is 0. The Morgan fingerprint density at radius 3 is 2.74 bits per heavy atom. The summed E-state index contributed by atoms with van der Waals surface area (Å²) in [6.07, 6.45) is 6.02. The van der Waals surface area contributed by atoms with Gasteiger partial charge < -0.3 is 9.32 Å². The highest BCUT2D eigenvalue weighted by atomic mass is 16.4. The number of carbonyl (C=O) groups excluding carboxylic acids is 2. The number of likely N-dealkylation sites (tertiary alicyclic amines) is 1. The third-order valence-corrected chi connectivity index (χ3v) is 5.10. The fourth-order valence-corrected chi connectivity index (χ4v) is 3.72. The molecule has 27 heavy (non-hydrogen) atoms. The molecule has 0 bridgehead atoms. The molecule has 0 unspecified atom stereocenters. The Balaban J connectivity index is 1.59. The number of hydrogen-bond acceptors (Lipinski definition) is 5. The minimum Gasteiger partial charge on any atom is -0.455 e. The van der Waals surface area contributed by atoms with Crippen LogP contribution in [0.15, 0.2) is 33.9 Å². The van der Waals surface area contributed by atoms with Crippen molar-refractivity contribution in [2.24, 2.45) is 5.10 Å². The number of carbonyl (C=O) groups is 2. The van der Waals surface area contributed by atoms with Crippen LogP contribution in [0.25, 0.3) is 0 Å². The molecule has 0 aromatic carbocycles. The van der Waals surface area contributed by atoms with Crippen LogP contribution in [0.5, 0.6) is 0 Å². The van der Waals surface area contributed by atoms with Crippen LogP contribution in [0.4, 0.5) is 0 Å². The lowest BCUT2D eigenvalue weighted by Gasteiger charge is -2.14. The molecule has 0 atom stereocenters. The Labute approximate surface area is 157 Å². The molecule has 1 aliphatic heterocycles. The highest BCUT2D eigenvalue weighted by Crippen LogP contribution is 2.31. The van der Waals surface area contributed by atoms with Gasteiger partial charge in [0.2, 0.25) is 0 Å². The quantitative estimate of drug-likeness (QED) is 0.846. The van der Waals surface area contributed by atoms with Crippen LogP contribution in [-0.4, -0.2) is 40.5 Å². The first-order chi connectivity index (χ1) is 13.1. The third-order valence-electron chi connectivity index (χ3n) is 5.10. The second-order valence-electron chi connectivity index (χ2n) is 6.92. The number of amides is 2. The second-order valence-corrected chi connectivity index (χ2v) is 6.92. The molecular weight excluding hydrogens is 344 g/mol. The standard InChI is InChI=1S/C20H22N4O3/c1-13-17-14(22-23-19(25)15-7-2-3-10-21-15)8-6-9-16(17)27-18(13)20(26)24-11-4-5-12-24/h2-3,7,10H,4-6,8-9,11-12H2,1H3,(H,23,25)/b22-14+. The van der Waals surface area contributed by atoms with E-state index in [4.69, 9.17) is 4.42 Å². The minimum atomic E-state index is -0.357. The first kappa shape index (κ1) is 17.5. The fraction of sp³-hybridized carbons (Fsp3) is 0.400. The van der Waals surface area contributed by atoms with Gasteiger partial charge >= 0.3 is 0 Å². The molecule has 0 radical (unpaired) electrons. The van der Waals surface area contributed by atoms with E-state index in [-0.39, 0.29) is 11.8 Å². The normalized spacial score (nSPS) is 17.8. The van der Waals surface area contributed by atoms with Gasteiger partial charge in [-0.1, -0.05) is 6.07 Å². The molecule has 140 valence electrons. The van der Waals surface area contributed by atoms with Crippen LogP contribution < -0.4 is 5.43 Å². The predicted octanol–water partition coefficient (Wildman–Crippen LogP) is 2.69. The molecule has 2 aromatic heterocycles. The van der Waals surface area contributed by atoms with E-state index in [9.17, 15) is 9.59 Å². The van der Waals surface area contributed by atoms with Gasteiger partial charge in [-0.25, -0.2) is 5.43 Å². The highest BCUT2D eigenvalue weighted by molar-refractivity contribution is 6.07.